The van der Waals surface area contributed by atoms with Gasteiger partial charge in [-0.2, -0.15) is 15.4 Å². The Bertz CT molecular complexity index is 1760. The van der Waals surface area contributed by atoms with Gasteiger partial charge < -0.3 is 24.3 Å². The molecule has 2 aromatic heterocycles. The molecule has 0 bridgehead atoms. The van der Waals surface area contributed by atoms with Gasteiger partial charge in [-0.3, -0.25) is 0 Å². The zero-order valence-electron chi connectivity index (χ0n) is 22.8. The van der Waals surface area contributed by atoms with E-state index in [1.807, 2.05) is 18.4 Å². The van der Waals surface area contributed by atoms with E-state index in [4.69, 9.17) is 9.47 Å². The second-order valence-electron chi connectivity index (χ2n) is 10.2. The van der Waals surface area contributed by atoms with Gasteiger partial charge >= 0.3 is 5.97 Å². The average Bonchev–Trinajstić information content (AvgIpc) is 3.61. The van der Waals surface area contributed by atoms with Crippen molar-refractivity contribution in [1.82, 2.24) is 20.0 Å². The molecule has 0 unspecified atom stereocenters. The summed E-state index contributed by atoms with van der Waals surface area (Å²) in [5, 5.41) is 31.6. The minimum absolute atomic E-state index is 0.0102. The number of aryl methyl sites for hydroxylation is 1. The highest BCUT2D eigenvalue weighted by molar-refractivity contribution is 6.04. The van der Waals surface area contributed by atoms with Crippen molar-refractivity contribution in [3.8, 4) is 34.1 Å². The summed E-state index contributed by atoms with van der Waals surface area (Å²) in [4.78, 5) is 11.8. The van der Waals surface area contributed by atoms with Crippen LogP contribution in [0.15, 0.2) is 54.7 Å². The number of methoxy groups -OCH3 is 2. The first-order chi connectivity index (χ1) is 19.6. The van der Waals surface area contributed by atoms with Crippen molar-refractivity contribution in [2.75, 3.05) is 14.2 Å². The first-order valence-corrected chi connectivity index (χ1v) is 12.7. The normalized spacial score (nSPS) is 11.7. The largest absolute Gasteiger partial charge is 0.504 e. The topological polar surface area (TPSA) is 122 Å². The fourth-order valence-corrected chi connectivity index (χ4v) is 5.24. The van der Waals surface area contributed by atoms with Crippen LogP contribution in [0.5, 0.6) is 17.2 Å². The van der Waals surface area contributed by atoms with Crippen LogP contribution >= 0.6 is 0 Å². The molecule has 11 heteroatoms. The summed E-state index contributed by atoms with van der Waals surface area (Å²) < 4.78 is 41.9. The number of fused-ring (bicyclic) bond motifs is 1. The van der Waals surface area contributed by atoms with Crippen LogP contribution in [0.2, 0.25) is 0 Å². The second kappa shape index (κ2) is 10.6. The fourth-order valence-electron chi connectivity index (χ4n) is 5.24. The molecule has 5 rings (SSSR count). The number of aromatic amines is 1. The number of ether oxygens (including phenoxy) is 2. The van der Waals surface area contributed by atoms with Crippen LogP contribution in [0.25, 0.3) is 27.7 Å². The molecule has 0 saturated carbocycles. The van der Waals surface area contributed by atoms with Gasteiger partial charge in [0.2, 0.25) is 0 Å². The first-order valence-electron chi connectivity index (χ1n) is 12.7. The molecule has 0 atom stereocenters. The van der Waals surface area contributed by atoms with E-state index in [9.17, 15) is 23.8 Å². The van der Waals surface area contributed by atoms with Crippen molar-refractivity contribution in [3.63, 3.8) is 0 Å². The highest BCUT2D eigenvalue weighted by atomic mass is 19.1. The minimum Gasteiger partial charge on any atom is -0.504 e. The van der Waals surface area contributed by atoms with Gasteiger partial charge in [-0.25, -0.2) is 13.6 Å². The van der Waals surface area contributed by atoms with Crippen LogP contribution in [-0.4, -0.2) is 50.4 Å². The molecule has 2 heterocycles. The summed E-state index contributed by atoms with van der Waals surface area (Å²) in [7, 11) is 2.72. The number of aromatic hydroxyl groups is 1. The highest BCUT2D eigenvalue weighted by Crippen LogP contribution is 2.48. The Labute approximate surface area is 234 Å². The van der Waals surface area contributed by atoms with Gasteiger partial charge in [0.25, 0.3) is 0 Å². The number of aromatic carboxylic acids is 1. The summed E-state index contributed by atoms with van der Waals surface area (Å²) in [5.41, 5.74) is 2.63. The quantitative estimate of drug-likeness (QED) is 0.201. The number of nitrogens with one attached hydrogen (secondary N) is 1. The molecule has 3 N–H and O–H groups in total. The van der Waals surface area contributed by atoms with Crippen molar-refractivity contribution in [2.45, 2.75) is 32.1 Å². The SMILES string of the molecule is COc1cc(-n2c(C(C)(C)CCc3cn[nH]n3)c(-c3ccc(C(=O)O)c(OC)c3)c3c(O)c(F)ccc32)ccc1F. The van der Waals surface area contributed by atoms with Gasteiger partial charge in [0.05, 0.1) is 37.0 Å². The molecule has 212 valence electrons. The number of phenolic OH excluding ortho intramolecular Hbond substituents is 1. The van der Waals surface area contributed by atoms with Crippen LogP contribution in [0.1, 0.15) is 42.0 Å². The standard InChI is InChI=1S/C30H28F2N4O5/c1-30(2,12-11-17-15-33-35-34-17)28-25(16-5-7-19(29(38)39)23(13-16)40-3)26-22(10-9-21(32)27(26)37)36(28)18-6-8-20(31)24(14-18)41-4/h5-10,13-15,37H,11-12H2,1-4H3,(H,38,39)(H,33,34,35). The lowest BCUT2D eigenvalue weighted by Crippen LogP contribution is -2.23. The zero-order chi connectivity index (χ0) is 29.5. The molecule has 0 spiro atoms. The fraction of sp³-hybridized carbons (Fsp3) is 0.233. The Hall–Kier alpha value is -4.93. The molecule has 0 aliphatic rings. The molecule has 5 aromatic rings. The Morgan fingerprint density at radius 1 is 1.02 bits per heavy atom. The third kappa shape index (κ3) is 4.83. The molecule has 3 aromatic carbocycles. The molecule has 0 aliphatic carbocycles. The van der Waals surface area contributed by atoms with E-state index in [1.54, 1.807) is 30.5 Å². The van der Waals surface area contributed by atoms with E-state index >= 15 is 0 Å². The van der Waals surface area contributed by atoms with E-state index < -0.39 is 28.8 Å². The number of carboxylic acid groups (broad SMARTS) is 1. The van der Waals surface area contributed by atoms with Gasteiger partial charge in [-0.15, -0.1) is 0 Å². The number of H-pyrrole nitrogens is 1. The van der Waals surface area contributed by atoms with Crippen LogP contribution in [-0.2, 0) is 11.8 Å². The van der Waals surface area contributed by atoms with Crippen molar-refractivity contribution < 1.29 is 33.3 Å². The first kappa shape index (κ1) is 27.6. The maximum Gasteiger partial charge on any atom is 0.339 e. The smallest absolute Gasteiger partial charge is 0.339 e. The lowest BCUT2D eigenvalue weighted by atomic mass is 9.80. The maximum atomic E-state index is 15.0. The number of benzene rings is 3. The molecule has 0 aliphatic heterocycles. The van der Waals surface area contributed by atoms with E-state index in [1.165, 1.54) is 38.5 Å². The summed E-state index contributed by atoms with van der Waals surface area (Å²) >= 11 is 0. The third-order valence-electron chi connectivity index (χ3n) is 7.28. The molecule has 0 fully saturated rings. The average molecular weight is 563 g/mol. The van der Waals surface area contributed by atoms with Crippen molar-refractivity contribution in [2.24, 2.45) is 0 Å². The van der Waals surface area contributed by atoms with Crippen LogP contribution in [0.3, 0.4) is 0 Å². The van der Waals surface area contributed by atoms with Gasteiger partial charge in [-0.1, -0.05) is 19.9 Å². The summed E-state index contributed by atoms with van der Waals surface area (Å²) in [6.07, 6.45) is 2.72. The second-order valence-corrected chi connectivity index (χ2v) is 10.2. The predicted molar refractivity (Wildman–Crippen MR) is 148 cm³/mol. The molecule has 0 radical (unpaired) electrons. The van der Waals surface area contributed by atoms with Crippen LogP contribution in [0, 0.1) is 11.6 Å². The Morgan fingerprint density at radius 3 is 2.41 bits per heavy atom. The number of hydrogen-bond acceptors (Lipinski definition) is 6. The van der Waals surface area contributed by atoms with Gasteiger partial charge in [0, 0.05) is 28.4 Å². The maximum absolute atomic E-state index is 15.0. The zero-order valence-corrected chi connectivity index (χ0v) is 22.8. The lowest BCUT2D eigenvalue weighted by Gasteiger charge is -2.29. The van der Waals surface area contributed by atoms with Crippen molar-refractivity contribution in [3.05, 3.63) is 83.3 Å². The number of carboxylic acids is 1. The molecular formula is C30H28F2N4O5. The summed E-state index contributed by atoms with van der Waals surface area (Å²) in [6, 6.07) is 11.6. The third-order valence-corrected chi connectivity index (χ3v) is 7.28. The summed E-state index contributed by atoms with van der Waals surface area (Å²) in [6.45, 7) is 4.00. The van der Waals surface area contributed by atoms with Gasteiger partial charge in [0.15, 0.2) is 23.1 Å². The lowest BCUT2D eigenvalue weighted by molar-refractivity contribution is 0.0693. The Morgan fingerprint density at radius 2 is 1.76 bits per heavy atom. The molecule has 0 amide bonds. The van der Waals surface area contributed by atoms with Crippen LogP contribution < -0.4 is 9.47 Å². The summed E-state index contributed by atoms with van der Waals surface area (Å²) in [5.74, 6) is -3.01. The van der Waals surface area contributed by atoms with Gasteiger partial charge in [0.1, 0.15) is 11.3 Å². The van der Waals surface area contributed by atoms with E-state index in [0.29, 0.717) is 40.9 Å². The number of rotatable bonds is 9. The number of aromatic nitrogens is 4. The van der Waals surface area contributed by atoms with Crippen LogP contribution in [0.4, 0.5) is 8.78 Å². The monoisotopic (exact) mass is 562 g/mol. The van der Waals surface area contributed by atoms with Crippen molar-refractivity contribution in [1.29, 1.82) is 0 Å². The number of phenols is 1. The number of hydrogen-bond donors (Lipinski definition) is 3. The minimum atomic E-state index is -1.17. The Kier molecular flexibility index (Phi) is 7.12. The van der Waals surface area contributed by atoms with E-state index in [2.05, 4.69) is 15.4 Å². The van der Waals surface area contributed by atoms with E-state index in [-0.39, 0.29) is 22.4 Å². The number of halogens is 2. The number of carbonyl (C=O) groups is 1. The Balaban J connectivity index is 1.89. The predicted octanol–water partition coefficient (Wildman–Crippen LogP) is 6.03. The highest BCUT2D eigenvalue weighted by Gasteiger charge is 2.34. The van der Waals surface area contributed by atoms with Crippen molar-refractivity contribution >= 4 is 16.9 Å². The number of nitrogens with zero attached hydrogens (tertiary/aromatic N) is 3. The molecule has 0 saturated heterocycles. The molecule has 41 heavy (non-hydrogen) atoms. The molecular weight excluding hydrogens is 534 g/mol. The van der Waals surface area contributed by atoms with E-state index in [0.717, 1.165) is 5.69 Å². The molecule has 9 nitrogen and oxygen atoms in total. The van der Waals surface area contributed by atoms with Gasteiger partial charge in [-0.05, 0) is 54.8 Å².